The van der Waals surface area contributed by atoms with Crippen LogP contribution in [0.2, 0.25) is 0 Å². The summed E-state index contributed by atoms with van der Waals surface area (Å²) in [5.74, 6) is -2.94. The van der Waals surface area contributed by atoms with E-state index in [2.05, 4.69) is 15.4 Å². The molecule has 2 fully saturated rings. The number of nitrogens with one attached hydrogen (secondary N) is 1. The number of hydrogen-bond donors (Lipinski definition) is 2. The average Bonchev–Trinajstić information content (AvgIpc) is 3.35. The van der Waals surface area contributed by atoms with Gasteiger partial charge in [-0.15, -0.1) is 5.10 Å². The molecule has 3 heterocycles. The Morgan fingerprint density at radius 1 is 1.12 bits per heavy atom. The highest BCUT2D eigenvalue weighted by atomic mass is 19.4. The van der Waals surface area contributed by atoms with E-state index in [0.717, 1.165) is 12.3 Å². The number of nitrogens with zero attached hydrogens (tertiary/aromatic N) is 4. The van der Waals surface area contributed by atoms with Crippen LogP contribution in [-0.2, 0) is 13.2 Å². The third-order valence-corrected chi connectivity index (χ3v) is 7.09. The van der Waals surface area contributed by atoms with Crippen molar-refractivity contribution >= 4 is 17.3 Å². The van der Waals surface area contributed by atoms with Crippen LogP contribution in [0.1, 0.15) is 58.8 Å². The van der Waals surface area contributed by atoms with Crippen molar-refractivity contribution in [3.8, 4) is 11.6 Å². The van der Waals surface area contributed by atoms with Gasteiger partial charge in [0, 0.05) is 19.3 Å². The fourth-order valence-corrected chi connectivity index (χ4v) is 5.35. The number of hydrogen-bond acceptors (Lipinski definition) is 6. The van der Waals surface area contributed by atoms with E-state index in [-0.39, 0.29) is 40.3 Å². The Kier molecular flexibility index (Phi) is 6.61. The summed E-state index contributed by atoms with van der Waals surface area (Å²) in [6, 6.07) is 2.04. The topological polar surface area (TPSA) is 126 Å². The number of halogens is 6. The summed E-state index contributed by atoms with van der Waals surface area (Å²) < 4.78 is 90.8. The Bertz CT molecular complexity index is 1450. The van der Waals surface area contributed by atoms with Crippen LogP contribution in [0.4, 0.5) is 26.3 Å². The number of carbonyl (C=O) groups is 2. The fourth-order valence-electron chi connectivity index (χ4n) is 5.35. The molecule has 3 N–H and O–H groups in total. The first-order valence-corrected chi connectivity index (χ1v) is 12.2. The van der Waals surface area contributed by atoms with E-state index in [1.165, 1.54) is 16.9 Å². The van der Waals surface area contributed by atoms with Gasteiger partial charge in [0.2, 0.25) is 11.7 Å². The number of aromatic nitrogens is 4. The molecule has 0 bridgehead atoms. The molecule has 3 aromatic rings. The first-order valence-electron chi connectivity index (χ1n) is 12.2. The van der Waals surface area contributed by atoms with Crippen molar-refractivity contribution in [1.82, 2.24) is 24.5 Å². The van der Waals surface area contributed by atoms with E-state index in [9.17, 15) is 35.9 Å². The van der Waals surface area contributed by atoms with Crippen LogP contribution in [0, 0.1) is 5.41 Å². The number of primary amides is 1. The van der Waals surface area contributed by atoms with Crippen LogP contribution in [0.15, 0.2) is 24.5 Å². The molecule has 10 nitrogen and oxygen atoms in total. The number of nitrogens with two attached hydrogens (primary N) is 1. The van der Waals surface area contributed by atoms with Gasteiger partial charge in [-0.3, -0.25) is 18.7 Å². The third kappa shape index (κ3) is 5.51. The number of carbonyl (C=O) groups excluding carboxylic acids is 2. The first kappa shape index (κ1) is 27.6. The van der Waals surface area contributed by atoms with E-state index >= 15 is 0 Å². The minimum atomic E-state index is -4.94. The van der Waals surface area contributed by atoms with Gasteiger partial charge in [-0.2, -0.15) is 26.3 Å². The Labute approximate surface area is 222 Å². The molecule has 0 atom stereocenters. The van der Waals surface area contributed by atoms with Crippen LogP contribution in [-0.4, -0.2) is 55.9 Å². The fraction of sp³-hybridized carbons (Fsp3) is 0.500. The Balaban J connectivity index is 1.21. The zero-order valence-electron chi connectivity index (χ0n) is 21.0. The summed E-state index contributed by atoms with van der Waals surface area (Å²) in [7, 11) is 1.63. The van der Waals surface area contributed by atoms with Gasteiger partial charge in [-0.1, -0.05) is 0 Å². The molecule has 2 saturated carbocycles. The largest absolute Gasteiger partial charge is 0.492 e. The van der Waals surface area contributed by atoms with Crippen LogP contribution >= 0.6 is 0 Å². The van der Waals surface area contributed by atoms with Gasteiger partial charge in [0.1, 0.15) is 17.4 Å². The lowest BCUT2D eigenvalue weighted by Crippen LogP contribution is -2.58. The number of imidazole rings is 1. The lowest BCUT2D eigenvalue weighted by molar-refractivity contribution is -0.145. The summed E-state index contributed by atoms with van der Waals surface area (Å²) in [5, 5.41) is 6.82. The van der Waals surface area contributed by atoms with Gasteiger partial charge in [-0.25, -0.2) is 4.98 Å². The lowest BCUT2D eigenvalue weighted by Gasteiger charge is -2.57. The maximum atomic E-state index is 13.6. The lowest BCUT2D eigenvalue weighted by atomic mass is 9.53. The SMILES string of the molecule is Cn1cc(C(N)=O)c(OC2CC3(CC(NC(=O)c4nc(C(F)(F)F)n5cc(OCCC(F)(F)F)ccc45)C3)C2)n1. The standard InChI is InChI=1S/C24H24F6N6O4/c1-35-11-15(18(31)37)20(34-35)40-14-8-22(9-14)6-12(7-22)32-19(38)17-16-3-2-13(39-5-4-23(25,26)27)10-36(16)21(33-17)24(28,29)30/h2-3,10-12,14H,4-9H2,1H3,(H2,31,37)(H,32,38). The van der Waals surface area contributed by atoms with E-state index in [0.29, 0.717) is 30.1 Å². The second-order valence-corrected chi connectivity index (χ2v) is 10.2. The van der Waals surface area contributed by atoms with Crippen molar-refractivity contribution in [2.75, 3.05) is 6.61 Å². The molecular weight excluding hydrogens is 550 g/mol. The number of fused-ring (bicyclic) bond motifs is 1. The minimum Gasteiger partial charge on any atom is -0.492 e. The van der Waals surface area contributed by atoms with Gasteiger partial charge >= 0.3 is 12.4 Å². The quantitative estimate of drug-likeness (QED) is 0.396. The molecule has 0 aromatic carbocycles. The van der Waals surface area contributed by atoms with E-state index in [1.807, 2.05) is 0 Å². The molecule has 40 heavy (non-hydrogen) atoms. The number of pyridine rings is 1. The predicted octanol–water partition coefficient (Wildman–Crippen LogP) is 3.64. The zero-order valence-corrected chi connectivity index (χ0v) is 21.0. The molecule has 216 valence electrons. The summed E-state index contributed by atoms with van der Waals surface area (Å²) in [6.07, 6.45) is -6.10. The van der Waals surface area contributed by atoms with Gasteiger partial charge in [0.15, 0.2) is 5.69 Å². The number of rotatable bonds is 8. The van der Waals surface area contributed by atoms with Gasteiger partial charge < -0.3 is 20.5 Å². The van der Waals surface area contributed by atoms with E-state index in [1.54, 1.807) is 7.05 Å². The normalized spacial score (nSPS) is 22.6. The van der Waals surface area contributed by atoms with Crippen LogP contribution in [0.5, 0.6) is 11.6 Å². The molecule has 2 aliphatic rings. The highest BCUT2D eigenvalue weighted by Crippen LogP contribution is 2.56. The first-order chi connectivity index (χ1) is 18.6. The second kappa shape index (κ2) is 9.59. The van der Waals surface area contributed by atoms with Gasteiger partial charge in [0.05, 0.1) is 24.7 Å². The Hall–Kier alpha value is -3.98. The van der Waals surface area contributed by atoms with Crippen molar-refractivity contribution in [2.24, 2.45) is 18.2 Å². The Morgan fingerprint density at radius 2 is 1.82 bits per heavy atom. The molecule has 0 radical (unpaired) electrons. The summed E-state index contributed by atoms with van der Waals surface area (Å²) in [4.78, 5) is 28.0. The van der Waals surface area contributed by atoms with Crippen LogP contribution < -0.4 is 20.5 Å². The average molecular weight is 574 g/mol. The van der Waals surface area contributed by atoms with Crippen LogP contribution in [0.3, 0.4) is 0 Å². The summed E-state index contributed by atoms with van der Waals surface area (Å²) >= 11 is 0. The van der Waals surface area contributed by atoms with Gasteiger partial charge in [-0.05, 0) is 43.2 Å². The molecule has 3 aromatic heterocycles. The number of alkyl halides is 6. The van der Waals surface area contributed by atoms with Gasteiger partial charge in [0.25, 0.3) is 11.8 Å². The second-order valence-electron chi connectivity index (χ2n) is 10.2. The smallest absolute Gasteiger partial charge is 0.450 e. The number of aryl methyl sites for hydroxylation is 1. The van der Waals surface area contributed by atoms with Crippen molar-refractivity contribution in [1.29, 1.82) is 0 Å². The third-order valence-electron chi connectivity index (χ3n) is 7.09. The molecule has 2 amide bonds. The number of ether oxygens (including phenoxy) is 2. The summed E-state index contributed by atoms with van der Waals surface area (Å²) in [5.41, 5.74) is 4.79. The monoisotopic (exact) mass is 574 g/mol. The number of amides is 2. The van der Waals surface area contributed by atoms with Crippen molar-refractivity contribution in [3.63, 3.8) is 0 Å². The molecular formula is C24H24F6N6O4. The minimum absolute atomic E-state index is 0.0969. The summed E-state index contributed by atoms with van der Waals surface area (Å²) in [6.45, 7) is -0.776. The van der Waals surface area contributed by atoms with Crippen molar-refractivity contribution in [3.05, 3.63) is 41.6 Å². The molecule has 2 aliphatic carbocycles. The molecule has 16 heteroatoms. The molecule has 0 saturated heterocycles. The molecule has 0 unspecified atom stereocenters. The maximum Gasteiger partial charge on any atom is 0.450 e. The highest BCUT2D eigenvalue weighted by Gasteiger charge is 2.54. The Morgan fingerprint density at radius 3 is 2.45 bits per heavy atom. The van der Waals surface area contributed by atoms with E-state index in [4.69, 9.17) is 15.2 Å². The maximum absolute atomic E-state index is 13.6. The predicted molar refractivity (Wildman–Crippen MR) is 125 cm³/mol. The van der Waals surface area contributed by atoms with Crippen LogP contribution in [0.25, 0.3) is 5.52 Å². The van der Waals surface area contributed by atoms with Crippen molar-refractivity contribution < 1.29 is 45.4 Å². The molecule has 5 rings (SSSR count). The molecule has 0 aliphatic heterocycles. The highest BCUT2D eigenvalue weighted by molar-refractivity contribution is 5.99. The molecule has 1 spiro atoms. The van der Waals surface area contributed by atoms with E-state index < -0.39 is 48.7 Å². The zero-order chi connectivity index (χ0) is 29.0. The van der Waals surface area contributed by atoms with Crippen molar-refractivity contribution in [2.45, 2.75) is 56.6 Å².